The van der Waals surface area contributed by atoms with E-state index in [9.17, 15) is 18.3 Å². The Kier molecular flexibility index (Phi) is 5.47. The van der Waals surface area contributed by atoms with Crippen molar-refractivity contribution in [3.63, 3.8) is 0 Å². The van der Waals surface area contributed by atoms with E-state index < -0.39 is 16.1 Å². The van der Waals surface area contributed by atoms with Crippen LogP contribution in [-0.2, 0) is 10.0 Å². The minimum absolute atomic E-state index is 0.0996. The summed E-state index contributed by atoms with van der Waals surface area (Å²) >= 11 is 1.48. The van der Waals surface area contributed by atoms with E-state index >= 15 is 0 Å². The second kappa shape index (κ2) is 7.15. The largest absolute Gasteiger partial charge is 0.388 e. The summed E-state index contributed by atoms with van der Waals surface area (Å²) in [7, 11) is -3.64. The Morgan fingerprint density at radius 1 is 1.27 bits per heavy atom. The fraction of sp³-hybridized carbons (Fsp3) is 0.267. The molecule has 1 aromatic heterocycles. The molecule has 0 saturated carbocycles. The van der Waals surface area contributed by atoms with Gasteiger partial charge < -0.3 is 5.11 Å². The van der Waals surface area contributed by atoms with Gasteiger partial charge in [0.25, 0.3) is 0 Å². The molecule has 0 aliphatic heterocycles. The predicted octanol–water partition coefficient (Wildman–Crippen LogP) is 2.35. The molecule has 0 radical (unpaired) electrons. The first-order valence-corrected chi connectivity index (χ1v) is 9.13. The summed E-state index contributed by atoms with van der Waals surface area (Å²) in [6, 6.07) is 7.57. The van der Waals surface area contributed by atoms with Crippen molar-refractivity contribution >= 4 is 27.1 Å². The molecule has 1 unspecified atom stereocenters. The number of carbonyl (C=O) groups is 1. The SMILES string of the molecule is CC(=O)c1ccc(S(=O)(=O)NCCC(O)c2ccsc2)cc1. The Morgan fingerprint density at radius 3 is 2.50 bits per heavy atom. The molecule has 0 aliphatic carbocycles. The summed E-state index contributed by atoms with van der Waals surface area (Å²) in [5.74, 6) is -0.115. The first-order chi connectivity index (χ1) is 10.4. The van der Waals surface area contributed by atoms with Crippen molar-refractivity contribution in [2.45, 2.75) is 24.3 Å². The molecule has 1 aromatic carbocycles. The number of ketones is 1. The van der Waals surface area contributed by atoms with Gasteiger partial charge in [0.15, 0.2) is 5.78 Å². The molecule has 1 atom stereocenters. The predicted molar refractivity (Wildman–Crippen MR) is 85.5 cm³/mol. The van der Waals surface area contributed by atoms with Crippen LogP contribution < -0.4 is 4.72 Å². The van der Waals surface area contributed by atoms with E-state index in [2.05, 4.69) is 4.72 Å². The second-order valence-electron chi connectivity index (χ2n) is 4.84. The van der Waals surface area contributed by atoms with Crippen molar-refractivity contribution in [1.29, 1.82) is 0 Å². The molecule has 0 fully saturated rings. The van der Waals surface area contributed by atoms with Crippen LogP contribution in [0.1, 0.15) is 35.4 Å². The molecular formula is C15H17NO4S2. The van der Waals surface area contributed by atoms with Gasteiger partial charge in [-0.1, -0.05) is 12.1 Å². The van der Waals surface area contributed by atoms with Crippen LogP contribution in [0.25, 0.3) is 0 Å². The van der Waals surface area contributed by atoms with E-state index in [4.69, 9.17) is 0 Å². The van der Waals surface area contributed by atoms with Gasteiger partial charge in [-0.2, -0.15) is 11.3 Å². The first-order valence-electron chi connectivity index (χ1n) is 6.71. The second-order valence-corrected chi connectivity index (χ2v) is 7.39. The molecule has 2 N–H and O–H groups in total. The molecule has 0 bridgehead atoms. The van der Waals surface area contributed by atoms with Gasteiger partial charge >= 0.3 is 0 Å². The number of hydrogen-bond donors (Lipinski definition) is 2. The number of nitrogens with one attached hydrogen (secondary N) is 1. The highest BCUT2D eigenvalue weighted by molar-refractivity contribution is 7.89. The van der Waals surface area contributed by atoms with Gasteiger partial charge in [-0.3, -0.25) is 4.79 Å². The highest BCUT2D eigenvalue weighted by atomic mass is 32.2. The zero-order chi connectivity index (χ0) is 16.2. The van der Waals surface area contributed by atoms with Crippen molar-refractivity contribution in [2.75, 3.05) is 6.54 Å². The lowest BCUT2D eigenvalue weighted by Gasteiger charge is -2.10. The topological polar surface area (TPSA) is 83.5 Å². The van der Waals surface area contributed by atoms with Crippen LogP contribution in [0.2, 0.25) is 0 Å². The van der Waals surface area contributed by atoms with Crippen LogP contribution in [0, 0.1) is 0 Å². The van der Waals surface area contributed by atoms with Gasteiger partial charge in [0, 0.05) is 12.1 Å². The summed E-state index contributed by atoms with van der Waals surface area (Å²) in [6.07, 6.45) is -0.393. The number of hydrogen-bond acceptors (Lipinski definition) is 5. The van der Waals surface area contributed by atoms with Crippen LogP contribution in [-0.4, -0.2) is 25.9 Å². The average Bonchev–Trinajstić information content (AvgIpc) is 3.01. The highest BCUT2D eigenvalue weighted by Gasteiger charge is 2.15. The minimum Gasteiger partial charge on any atom is -0.388 e. The molecule has 0 aliphatic rings. The Morgan fingerprint density at radius 2 is 1.95 bits per heavy atom. The fourth-order valence-corrected chi connectivity index (χ4v) is 3.67. The van der Waals surface area contributed by atoms with E-state index in [1.54, 1.807) is 0 Å². The van der Waals surface area contributed by atoms with Gasteiger partial charge in [0.2, 0.25) is 10.0 Å². The normalized spacial score (nSPS) is 13.0. The number of aliphatic hydroxyl groups is 1. The third-order valence-electron chi connectivity index (χ3n) is 3.21. The van der Waals surface area contributed by atoms with Crippen molar-refractivity contribution < 1.29 is 18.3 Å². The van der Waals surface area contributed by atoms with E-state index in [1.165, 1.54) is 42.5 Å². The van der Waals surface area contributed by atoms with E-state index in [0.717, 1.165) is 5.56 Å². The molecule has 2 aromatic rings. The summed E-state index contributed by atoms with van der Waals surface area (Å²) < 4.78 is 26.7. The maximum Gasteiger partial charge on any atom is 0.240 e. The van der Waals surface area contributed by atoms with Crippen LogP contribution in [0.4, 0.5) is 0 Å². The molecule has 5 nitrogen and oxygen atoms in total. The standard InChI is InChI=1S/C15H17NO4S2/c1-11(17)12-2-4-14(5-3-12)22(19,20)16-8-6-15(18)13-7-9-21-10-13/h2-5,7,9-10,15-16,18H,6,8H2,1H3. The zero-order valence-electron chi connectivity index (χ0n) is 12.0. The monoisotopic (exact) mass is 339 g/mol. The molecule has 22 heavy (non-hydrogen) atoms. The minimum atomic E-state index is -3.64. The highest BCUT2D eigenvalue weighted by Crippen LogP contribution is 2.19. The zero-order valence-corrected chi connectivity index (χ0v) is 13.7. The Bertz CT molecular complexity index is 721. The Labute approximate surface area is 133 Å². The number of thiophene rings is 1. The van der Waals surface area contributed by atoms with Gasteiger partial charge in [-0.25, -0.2) is 13.1 Å². The molecule has 0 spiro atoms. The molecule has 0 amide bonds. The fourth-order valence-electron chi connectivity index (χ4n) is 1.91. The number of sulfonamides is 1. The lowest BCUT2D eigenvalue weighted by Crippen LogP contribution is -2.26. The Balaban J connectivity index is 1.95. The average molecular weight is 339 g/mol. The number of carbonyl (C=O) groups excluding carboxylic acids is 1. The van der Waals surface area contributed by atoms with Crippen LogP contribution in [0.5, 0.6) is 0 Å². The van der Waals surface area contributed by atoms with E-state index in [0.29, 0.717) is 12.0 Å². The maximum atomic E-state index is 12.1. The number of aliphatic hydroxyl groups excluding tert-OH is 1. The molecule has 1 heterocycles. The van der Waals surface area contributed by atoms with Crippen molar-refractivity contribution in [2.24, 2.45) is 0 Å². The summed E-state index contributed by atoms with van der Waals surface area (Å²) in [5.41, 5.74) is 1.25. The van der Waals surface area contributed by atoms with Crippen LogP contribution in [0.3, 0.4) is 0 Å². The maximum absolute atomic E-state index is 12.1. The number of rotatable bonds is 7. The van der Waals surface area contributed by atoms with Crippen molar-refractivity contribution in [3.8, 4) is 0 Å². The first kappa shape index (κ1) is 16.8. The van der Waals surface area contributed by atoms with Gasteiger partial charge in [0.1, 0.15) is 0 Å². The summed E-state index contributed by atoms with van der Waals surface area (Å²) in [4.78, 5) is 11.3. The van der Waals surface area contributed by atoms with E-state index in [-0.39, 0.29) is 17.2 Å². The van der Waals surface area contributed by atoms with Crippen LogP contribution in [0.15, 0.2) is 46.0 Å². The molecule has 7 heteroatoms. The number of benzene rings is 1. The van der Waals surface area contributed by atoms with Gasteiger partial charge in [0.05, 0.1) is 11.0 Å². The smallest absolute Gasteiger partial charge is 0.240 e. The van der Waals surface area contributed by atoms with Gasteiger partial charge in [-0.15, -0.1) is 0 Å². The quantitative estimate of drug-likeness (QED) is 0.759. The Hall–Kier alpha value is -1.54. The molecule has 0 saturated heterocycles. The lowest BCUT2D eigenvalue weighted by atomic mass is 10.1. The lowest BCUT2D eigenvalue weighted by molar-refractivity contribution is 0.101. The van der Waals surface area contributed by atoms with Gasteiger partial charge in [-0.05, 0) is 47.9 Å². The summed E-state index contributed by atoms with van der Waals surface area (Å²) in [6.45, 7) is 1.56. The number of Topliss-reactive ketones (excluding diaryl/α,β-unsaturated/α-hetero) is 1. The third-order valence-corrected chi connectivity index (χ3v) is 5.39. The van der Waals surface area contributed by atoms with Crippen molar-refractivity contribution in [1.82, 2.24) is 4.72 Å². The molecule has 118 valence electrons. The van der Waals surface area contributed by atoms with Crippen molar-refractivity contribution in [3.05, 3.63) is 52.2 Å². The van der Waals surface area contributed by atoms with E-state index in [1.807, 2.05) is 16.8 Å². The van der Waals surface area contributed by atoms with Crippen LogP contribution >= 0.6 is 11.3 Å². The third kappa shape index (κ3) is 4.23. The summed E-state index contributed by atoms with van der Waals surface area (Å²) in [5, 5.41) is 13.6. The molecule has 2 rings (SSSR count). The molecular weight excluding hydrogens is 322 g/mol.